The van der Waals surface area contributed by atoms with Crippen LogP contribution in [-0.4, -0.2) is 57.7 Å². The third kappa shape index (κ3) is 18.2. The van der Waals surface area contributed by atoms with E-state index in [9.17, 15) is 0 Å². The summed E-state index contributed by atoms with van der Waals surface area (Å²) in [7, 11) is 0. The van der Waals surface area contributed by atoms with Crippen LogP contribution >= 0.6 is 0 Å². The Balaban J connectivity index is 0.00000391. The van der Waals surface area contributed by atoms with Gasteiger partial charge in [0.2, 0.25) is 0 Å². The second-order valence-corrected chi connectivity index (χ2v) is 9.64. The first-order chi connectivity index (χ1) is 19.7. The van der Waals surface area contributed by atoms with Crippen LogP contribution in [-0.2, 0) is 0 Å². The molecule has 0 atom stereocenters. The molecule has 2 rings (SSSR count). The van der Waals surface area contributed by atoms with Crippen LogP contribution in [0.4, 0.5) is 0 Å². The predicted molar refractivity (Wildman–Crippen MR) is 174 cm³/mol. The average molecular weight is 553 g/mol. The highest BCUT2D eigenvalue weighted by molar-refractivity contribution is 5.77. The molecule has 8 nitrogen and oxygen atoms in total. The van der Waals surface area contributed by atoms with E-state index >= 15 is 0 Å². The summed E-state index contributed by atoms with van der Waals surface area (Å²) in [5.74, 6) is 1.05. The number of hydrogen-bond acceptors (Lipinski definition) is 4. The Morgan fingerprint density at radius 2 is 1.05 bits per heavy atom. The topological polar surface area (TPSA) is 139 Å². The molecule has 2 aromatic rings. The number of nitrogens with one attached hydrogen (secondary N) is 3. The Kier molecular flexibility index (Phi) is 21.7. The number of hydrogen-bond donors (Lipinski definition) is 6. The highest BCUT2D eigenvalue weighted by atomic mass is 15.1. The molecule has 0 fully saturated rings. The molecule has 0 unspecified atom stereocenters. The minimum Gasteiger partial charge on any atom is -0.370 e. The fourth-order valence-electron chi connectivity index (χ4n) is 4.39. The number of unbranched alkanes of at least 4 members (excludes halogenated alkanes) is 4. The number of rotatable bonds is 21. The Labute approximate surface area is 243 Å². The molecule has 0 spiro atoms. The number of aliphatic imine (C=N–C) groups is 2. The summed E-state index contributed by atoms with van der Waals surface area (Å²) in [5, 5.41) is 10.3. The van der Waals surface area contributed by atoms with Crippen LogP contribution < -0.4 is 33.2 Å². The van der Waals surface area contributed by atoms with Gasteiger partial charge in [-0.2, -0.15) is 0 Å². The summed E-state index contributed by atoms with van der Waals surface area (Å²) in [4.78, 5) is 8.47. The minimum atomic E-state index is 0.174. The van der Waals surface area contributed by atoms with Gasteiger partial charge in [-0.15, -0.1) is 0 Å². The van der Waals surface area contributed by atoms with Crippen molar-refractivity contribution in [2.45, 2.75) is 71.1 Å². The van der Waals surface area contributed by atoms with Crippen LogP contribution in [0.2, 0.25) is 0 Å². The quantitative estimate of drug-likeness (QED) is 0.0774. The van der Waals surface area contributed by atoms with Crippen LogP contribution in [0, 0.1) is 0 Å². The van der Waals surface area contributed by atoms with Crippen molar-refractivity contribution in [2.75, 3.05) is 45.8 Å². The molecule has 0 aromatic heterocycles. The van der Waals surface area contributed by atoms with E-state index in [2.05, 4.69) is 86.6 Å². The molecule has 0 saturated carbocycles. The SMILES string of the molecule is CC.NC(N)=NCCCNCCCCCCCNCCCN=C(N)NCCC(c1ccccc1)c1ccccc1. The largest absolute Gasteiger partial charge is 0.370 e. The third-order valence-corrected chi connectivity index (χ3v) is 6.45. The van der Waals surface area contributed by atoms with E-state index < -0.39 is 0 Å². The van der Waals surface area contributed by atoms with Crippen molar-refractivity contribution in [1.29, 1.82) is 0 Å². The zero-order valence-corrected chi connectivity index (χ0v) is 25.1. The van der Waals surface area contributed by atoms with E-state index in [-0.39, 0.29) is 5.96 Å². The molecular formula is C32H56N8. The minimum absolute atomic E-state index is 0.174. The highest BCUT2D eigenvalue weighted by Crippen LogP contribution is 2.27. The van der Waals surface area contributed by atoms with Gasteiger partial charge < -0.3 is 33.2 Å². The zero-order chi connectivity index (χ0) is 29.1. The highest BCUT2D eigenvalue weighted by Gasteiger charge is 2.13. The van der Waals surface area contributed by atoms with Gasteiger partial charge in [-0.25, -0.2) is 0 Å². The van der Waals surface area contributed by atoms with Crippen molar-refractivity contribution in [3.8, 4) is 0 Å². The maximum absolute atomic E-state index is 6.11. The number of benzene rings is 2. The van der Waals surface area contributed by atoms with Gasteiger partial charge >= 0.3 is 0 Å². The van der Waals surface area contributed by atoms with Crippen molar-refractivity contribution in [2.24, 2.45) is 27.2 Å². The summed E-state index contributed by atoms with van der Waals surface area (Å²) in [6, 6.07) is 21.3. The van der Waals surface area contributed by atoms with E-state index in [0.29, 0.717) is 18.4 Å². The molecule has 0 heterocycles. The fraction of sp³-hybridized carbons (Fsp3) is 0.562. The van der Waals surface area contributed by atoms with E-state index in [4.69, 9.17) is 17.2 Å². The first-order valence-electron chi connectivity index (χ1n) is 15.3. The molecule has 9 N–H and O–H groups in total. The van der Waals surface area contributed by atoms with Gasteiger partial charge in [0, 0.05) is 25.6 Å². The second kappa shape index (κ2) is 24.9. The molecule has 40 heavy (non-hydrogen) atoms. The lowest BCUT2D eigenvalue weighted by Crippen LogP contribution is -2.33. The second-order valence-electron chi connectivity index (χ2n) is 9.64. The lowest BCUT2D eigenvalue weighted by Gasteiger charge is -2.18. The zero-order valence-electron chi connectivity index (χ0n) is 25.1. The third-order valence-electron chi connectivity index (χ3n) is 6.45. The van der Waals surface area contributed by atoms with Gasteiger partial charge in [0.05, 0.1) is 0 Å². The standard InChI is InChI=1S/C30H50N8.C2H6/c31-29(32)36-23-12-21-34-19-10-2-1-3-11-20-35-22-13-24-37-30(33)38-25-18-28(26-14-6-4-7-15-26)27-16-8-5-9-17-27;1-2/h4-9,14-17,28,34-35H,1-3,10-13,18-25H2,(H4,31,32,36)(H3,33,37,38);1-2H3. The van der Waals surface area contributed by atoms with Gasteiger partial charge in [0.25, 0.3) is 0 Å². The van der Waals surface area contributed by atoms with Gasteiger partial charge in [0.1, 0.15) is 0 Å². The van der Waals surface area contributed by atoms with Gasteiger partial charge in [-0.05, 0) is 69.4 Å². The Morgan fingerprint density at radius 3 is 1.55 bits per heavy atom. The van der Waals surface area contributed by atoms with Crippen molar-refractivity contribution < 1.29 is 0 Å². The van der Waals surface area contributed by atoms with Gasteiger partial charge in [0.15, 0.2) is 11.9 Å². The average Bonchev–Trinajstić information content (AvgIpc) is 2.98. The molecule has 0 bridgehead atoms. The van der Waals surface area contributed by atoms with E-state index in [1.165, 1.54) is 43.2 Å². The number of guanidine groups is 2. The van der Waals surface area contributed by atoms with E-state index in [1.54, 1.807) is 0 Å². The molecule has 0 aliphatic carbocycles. The Morgan fingerprint density at radius 1 is 0.600 bits per heavy atom. The van der Waals surface area contributed by atoms with Gasteiger partial charge in [-0.1, -0.05) is 93.8 Å². The lowest BCUT2D eigenvalue weighted by molar-refractivity contribution is 0.550. The van der Waals surface area contributed by atoms with Crippen molar-refractivity contribution in [1.82, 2.24) is 16.0 Å². The van der Waals surface area contributed by atoms with Crippen LogP contribution in [0.15, 0.2) is 70.6 Å². The predicted octanol–water partition coefficient (Wildman–Crippen LogP) is 4.32. The van der Waals surface area contributed by atoms with Gasteiger partial charge in [-0.3, -0.25) is 9.98 Å². The molecule has 0 aliphatic heterocycles. The van der Waals surface area contributed by atoms with Crippen LogP contribution in [0.1, 0.15) is 82.3 Å². The monoisotopic (exact) mass is 552 g/mol. The maximum atomic E-state index is 6.11. The van der Waals surface area contributed by atoms with Crippen LogP contribution in [0.5, 0.6) is 0 Å². The Bertz CT molecular complexity index is 843. The molecule has 0 saturated heterocycles. The van der Waals surface area contributed by atoms with Crippen molar-refractivity contribution in [3.05, 3.63) is 71.8 Å². The lowest BCUT2D eigenvalue weighted by atomic mass is 9.88. The molecule has 0 amide bonds. The molecule has 2 aromatic carbocycles. The molecule has 224 valence electrons. The van der Waals surface area contributed by atoms with Crippen LogP contribution in [0.3, 0.4) is 0 Å². The van der Waals surface area contributed by atoms with Crippen LogP contribution in [0.25, 0.3) is 0 Å². The van der Waals surface area contributed by atoms with E-state index in [1.807, 2.05) is 13.8 Å². The molecule has 0 aliphatic rings. The van der Waals surface area contributed by atoms with Crippen molar-refractivity contribution >= 4 is 11.9 Å². The first-order valence-corrected chi connectivity index (χ1v) is 15.3. The normalized spacial score (nSPS) is 11.1. The summed E-state index contributed by atoms with van der Waals surface area (Å²) in [6.07, 6.45) is 9.22. The number of nitrogens with zero attached hydrogens (tertiary/aromatic N) is 2. The molecule has 0 radical (unpaired) electrons. The van der Waals surface area contributed by atoms with E-state index in [0.717, 1.165) is 58.5 Å². The summed E-state index contributed by atoms with van der Waals surface area (Å²) in [6.45, 7) is 10.3. The summed E-state index contributed by atoms with van der Waals surface area (Å²) in [5.41, 5.74) is 19.4. The smallest absolute Gasteiger partial charge is 0.188 e. The first kappa shape index (κ1) is 34.9. The van der Waals surface area contributed by atoms with Crippen molar-refractivity contribution in [3.63, 3.8) is 0 Å². The molecule has 8 heteroatoms. The fourth-order valence-corrected chi connectivity index (χ4v) is 4.39. The Hall–Kier alpha value is -3.10. The maximum Gasteiger partial charge on any atom is 0.188 e. The summed E-state index contributed by atoms with van der Waals surface area (Å²) >= 11 is 0. The molecular weight excluding hydrogens is 496 g/mol. The number of nitrogens with two attached hydrogens (primary N) is 3. The summed E-state index contributed by atoms with van der Waals surface area (Å²) < 4.78 is 0.